The topological polar surface area (TPSA) is 18.5 Å². The van der Waals surface area contributed by atoms with Crippen molar-refractivity contribution in [3.05, 3.63) is 80.9 Å². The van der Waals surface area contributed by atoms with E-state index < -0.39 is 0 Å². The Morgan fingerprint density at radius 1 is 0.533 bits per heavy atom. The first kappa shape index (κ1) is 22.0. The van der Waals surface area contributed by atoms with Crippen LogP contribution in [0.15, 0.2) is 36.4 Å². The van der Waals surface area contributed by atoms with E-state index in [0.29, 0.717) is 0 Å². The average molecular weight is 403 g/mol. The third-order valence-corrected chi connectivity index (χ3v) is 6.03. The third kappa shape index (κ3) is 4.38. The first-order chi connectivity index (χ1) is 14.2. The maximum Gasteiger partial charge on any atom is 0.184 e. The Hall–Kier alpha value is -2.74. The van der Waals surface area contributed by atoms with Crippen molar-refractivity contribution in [1.29, 1.82) is 0 Å². The van der Waals surface area contributed by atoms with Gasteiger partial charge in [0.25, 0.3) is 0 Å². The molecule has 2 nitrogen and oxygen atoms in total. The summed E-state index contributed by atoms with van der Waals surface area (Å²) in [6.45, 7) is 17.1. The Labute approximate surface area is 181 Å². The summed E-state index contributed by atoms with van der Waals surface area (Å²) in [6.07, 6.45) is 1.95. The van der Waals surface area contributed by atoms with Crippen LogP contribution in [0.1, 0.15) is 58.4 Å². The van der Waals surface area contributed by atoms with Crippen LogP contribution in [-0.4, -0.2) is 0 Å². The zero-order valence-corrected chi connectivity index (χ0v) is 19.7. The second-order valence-electron chi connectivity index (χ2n) is 8.46. The van der Waals surface area contributed by atoms with Gasteiger partial charge < -0.3 is 0 Å². The molecule has 0 N–H and O–H groups in total. The molecule has 0 radical (unpaired) electrons. The lowest BCUT2D eigenvalue weighted by atomic mass is 9.93. The Balaban J connectivity index is 1.93. The van der Waals surface area contributed by atoms with Gasteiger partial charge in [-0.25, -0.2) is 0 Å². The van der Waals surface area contributed by atoms with E-state index in [1.807, 2.05) is 0 Å². The minimum Gasteiger partial charge on any atom is -0.289 e. The Kier molecular flexibility index (Phi) is 6.55. The maximum absolute atomic E-state index is 5.90. The molecule has 0 aromatic heterocycles. The summed E-state index contributed by atoms with van der Waals surface area (Å²) in [6, 6.07) is 13.3. The largest absolute Gasteiger partial charge is 0.289 e. The lowest BCUT2D eigenvalue weighted by molar-refractivity contribution is -0.102. The van der Waals surface area contributed by atoms with E-state index in [9.17, 15) is 0 Å². The van der Waals surface area contributed by atoms with Crippen LogP contribution in [0.4, 0.5) is 0 Å². The summed E-state index contributed by atoms with van der Waals surface area (Å²) in [4.78, 5) is 11.8. The molecule has 0 saturated carbocycles. The van der Waals surface area contributed by atoms with Crippen molar-refractivity contribution in [3.63, 3.8) is 0 Å². The van der Waals surface area contributed by atoms with Crippen molar-refractivity contribution >= 4 is 0 Å². The highest BCUT2D eigenvalue weighted by Gasteiger charge is 2.14. The lowest BCUT2D eigenvalue weighted by Crippen LogP contribution is -2.07. The van der Waals surface area contributed by atoms with Crippen LogP contribution in [0.2, 0.25) is 0 Å². The summed E-state index contributed by atoms with van der Waals surface area (Å²) in [7, 11) is 0. The molecular weight excluding hydrogens is 368 g/mol. The monoisotopic (exact) mass is 402 g/mol. The second-order valence-corrected chi connectivity index (χ2v) is 8.46. The predicted octanol–water partition coefficient (Wildman–Crippen LogP) is 7.70. The van der Waals surface area contributed by atoms with Crippen LogP contribution in [0.3, 0.4) is 0 Å². The van der Waals surface area contributed by atoms with E-state index in [0.717, 1.165) is 41.0 Å². The van der Waals surface area contributed by atoms with Crippen molar-refractivity contribution < 1.29 is 9.78 Å². The summed E-state index contributed by atoms with van der Waals surface area (Å²) >= 11 is 0. The van der Waals surface area contributed by atoms with Crippen molar-refractivity contribution in [3.8, 4) is 22.6 Å². The summed E-state index contributed by atoms with van der Waals surface area (Å²) in [5.41, 5.74) is 12.3. The van der Waals surface area contributed by atoms with Crippen LogP contribution in [-0.2, 0) is 12.8 Å². The van der Waals surface area contributed by atoms with Gasteiger partial charge in [-0.1, -0.05) is 43.7 Å². The Bertz CT molecular complexity index is 1050. The molecule has 0 heterocycles. The van der Waals surface area contributed by atoms with Crippen LogP contribution in [0.25, 0.3) is 11.1 Å². The minimum absolute atomic E-state index is 0.792. The molecule has 0 spiro atoms. The highest BCUT2D eigenvalue weighted by atomic mass is 17.2. The van der Waals surface area contributed by atoms with E-state index in [4.69, 9.17) is 9.78 Å². The van der Waals surface area contributed by atoms with Gasteiger partial charge in [0.15, 0.2) is 11.5 Å². The number of aryl methyl sites for hydroxylation is 7. The molecule has 0 unspecified atom stereocenters. The standard InChI is InChI=1S/C28H34O2/c1-9-23-16-26(13-18(4)22(23)8)25-14-20(6)27(21(7)15-25)29-30-28-19(5)11-17(3)12-24(28)10-2/h11-16H,9-10H2,1-8H3. The molecule has 0 bridgehead atoms. The molecule has 0 aliphatic heterocycles. The Morgan fingerprint density at radius 3 is 1.63 bits per heavy atom. The molecule has 3 aromatic carbocycles. The molecule has 3 rings (SSSR count). The second kappa shape index (κ2) is 8.95. The quantitative estimate of drug-likeness (QED) is 0.311. The molecule has 3 aromatic rings. The fraction of sp³-hybridized carbons (Fsp3) is 0.357. The number of rotatable bonds is 6. The van der Waals surface area contributed by atoms with Crippen molar-refractivity contribution in [2.24, 2.45) is 0 Å². The summed E-state index contributed by atoms with van der Waals surface area (Å²) in [5.74, 6) is 1.62. The highest BCUT2D eigenvalue weighted by Crippen LogP contribution is 2.34. The smallest absolute Gasteiger partial charge is 0.184 e. The zero-order valence-electron chi connectivity index (χ0n) is 19.7. The van der Waals surface area contributed by atoms with Crippen LogP contribution < -0.4 is 9.78 Å². The van der Waals surface area contributed by atoms with Crippen LogP contribution >= 0.6 is 0 Å². The molecular formula is C28H34O2. The zero-order chi connectivity index (χ0) is 22.0. The van der Waals surface area contributed by atoms with Crippen molar-refractivity contribution in [2.75, 3.05) is 0 Å². The minimum atomic E-state index is 0.792. The molecule has 0 saturated heterocycles. The fourth-order valence-electron chi connectivity index (χ4n) is 4.22. The van der Waals surface area contributed by atoms with Gasteiger partial charge in [0.2, 0.25) is 0 Å². The molecule has 0 atom stereocenters. The molecule has 0 aliphatic rings. The SMILES string of the molecule is CCc1cc(-c2cc(C)c(OOc3c(C)cc(C)cc3CC)c(C)c2)cc(C)c1C. The average Bonchev–Trinajstić information content (AvgIpc) is 2.69. The predicted molar refractivity (Wildman–Crippen MR) is 127 cm³/mol. The van der Waals surface area contributed by atoms with Gasteiger partial charge in [-0.3, -0.25) is 9.78 Å². The number of hydrogen-bond donors (Lipinski definition) is 0. The normalized spacial score (nSPS) is 10.9. The van der Waals surface area contributed by atoms with E-state index in [-0.39, 0.29) is 0 Å². The molecule has 0 amide bonds. The van der Waals surface area contributed by atoms with E-state index in [1.165, 1.54) is 38.9 Å². The van der Waals surface area contributed by atoms with Crippen molar-refractivity contribution in [2.45, 2.75) is 68.2 Å². The number of hydrogen-bond acceptors (Lipinski definition) is 2. The molecule has 0 aliphatic carbocycles. The van der Waals surface area contributed by atoms with Gasteiger partial charge in [-0.2, -0.15) is 0 Å². The van der Waals surface area contributed by atoms with Gasteiger partial charge in [-0.05, 0) is 117 Å². The fourth-order valence-corrected chi connectivity index (χ4v) is 4.22. The highest BCUT2D eigenvalue weighted by molar-refractivity contribution is 5.69. The van der Waals surface area contributed by atoms with E-state index in [1.54, 1.807) is 0 Å². The first-order valence-corrected chi connectivity index (χ1v) is 10.9. The molecule has 0 fully saturated rings. The van der Waals surface area contributed by atoms with Crippen LogP contribution in [0.5, 0.6) is 11.5 Å². The molecule has 158 valence electrons. The van der Waals surface area contributed by atoms with E-state index in [2.05, 4.69) is 91.8 Å². The van der Waals surface area contributed by atoms with Gasteiger partial charge in [0.1, 0.15) is 0 Å². The van der Waals surface area contributed by atoms with Gasteiger partial charge in [0, 0.05) is 0 Å². The van der Waals surface area contributed by atoms with Gasteiger partial charge in [-0.15, -0.1) is 0 Å². The third-order valence-electron chi connectivity index (χ3n) is 6.03. The molecule has 30 heavy (non-hydrogen) atoms. The van der Waals surface area contributed by atoms with Crippen LogP contribution in [0, 0.1) is 41.5 Å². The number of benzene rings is 3. The Morgan fingerprint density at radius 2 is 1.03 bits per heavy atom. The maximum atomic E-state index is 5.90. The summed E-state index contributed by atoms with van der Waals surface area (Å²) in [5, 5.41) is 0. The first-order valence-electron chi connectivity index (χ1n) is 10.9. The lowest BCUT2D eigenvalue weighted by Gasteiger charge is -2.17. The molecule has 2 heteroatoms. The van der Waals surface area contributed by atoms with Gasteiger partial charge >= 0.3 is 0 Å². The van der Waals surface area contributed by atoms with Crippen molar-refractivity contribution in [1.82, 2.24) is 0 Å². The van der Waals surface area contributed by atoms with Gasteiger partial charge in [0.05, 0.1) is 0 Å². The summed E-state index contributed by atoms with van der Waals surface area (Å²) < 4.78 is 0. The van der Waals surface area contributed by atoms with E-state index >= 15 is 0 Å².